The zero-order valence-corrected chi connectivity index (χ0v) is 16.4. The predicted molar refractivity (Wildman–Crippen MR) is 105 cm³/mol. The summed E-state index contributed by atoms with van der Waals surface area (Å²) in [6, 6.07) is 9.14. The Morgan fingerprint density at radius 3 is 2.52 bits per heavy atom. The Labute approximate surface area is 161 Å². The number of morpholine rings is 1. The van der Waals surface area contributed by atoms with Gasteiger partial charge in [-0.25, -0.2) is 0 Å². The van der Waals surface area contributed by atoms with E-state index < -0.39 is 0 Å². The molecule has 0 bridgehead atoms. The minimum atomic E-state index is -0.366. The number of nitrogens with zero attached hydrogens (tertiary/aromatic N) is 2. The Bertz CT molecular complexity index is 629. The fourth-order valence-electron chi connectivity index (χ4n) is 4.05. The van der Waals surface area contributed by atoms with Gasteiger partial charge in [0, 0.05) is 37.8 Å². The minimum absolute atomic E-state index is 0.0318. The lowest BCUT2D eigenvalue weighted by Gasteiger charge is -2.37. The number of amides is 2. The lowest BCUT2D eigenvalue weighted by Crippen LogP contribution is -2.53. The fraction of sp³-hybridized carbons (Fsp3) is 0.619. The molecule has 0 aliphatic carbocycles. The first kappa shape index (κ1) is 19.8. The van der Waals surface area contributed by atoms with Crippen molar-refractivity contribution in [1.82, 2.24) is 15.1 Å². The quantitative estimate of drug-likeness (QED) is 0.825. The van der Waals surface area contributed by atoms with E-state index in [1.54, 1.807) is 4.90 Å². The Balaban J connectivity index is 1.59. The molecule has 2 amide bonds. The van der Waals surface area contributed by atoms with Gasteiger partial charge in [0.1, 0.15) is 6.04 Å². The molecule has 0 aromatic heterocycles. The average molecular weight is 373 g/mol. The highest BCUT2D eigenvalue weighted by Gasteiger charge is 2.35. The summed E-state index contributed by atoms with van der Waals surface area (Å²) in [5, 5.41) is 3.12. The molecule has 2 saturated heterocycles. The van der Waals surface area contributed by atoms with E-state index in [1.807, 2.05) is 30.3 Å². The van der Waals surface area contributed by atoms with E-state index in [4.69, 9.17) is 4.74 Å². The first-order chi connectivity index (χ1) is 13.1. The average Bonchev–Trinajstić information content (AvgIpc) is 3.18. The first-order valence-corrected chi connectivity index (χ1v) is 10.0. The lowest BCUT2D eigenvalue weighted by atomic mass is 10.0. The van der Waals surface area contributed by atoms with Crippen LogP contribution in [-0.2, 0) is 9.53 Å². The SMILES string of the molecule is CC(C)C(CNC(=O)C1CCCN1C(=O)c1ccccc1)N1CCOCC1. The second-order valence-electron chi connectivity index (χ2n) is 7.73. The second-order valence-corrected chi connectivity index (χ2v) is 7.73. The maximum absolute atomic E-state index is 12.9. The molecule has 0 spiro atoms. The van der Waals surface area contributed by atoms with Crippen molar-refractivity contribution in [2.24, 2.45) is 5.92 Å². The first-order valence-electron chi connectivity index (χ1n) is 10.0. The highest BCUT2D eigenvalue weighted by atomic mass is 16.5. The van der Waals surface area contributed by atoms with Crippen LogP contribution >= 0.6 is 0 Å². The van der Waals surface area contributed by atoms with Gasteiger partial charge in [-0.2, -0.15) is 0 Å². The van der Waals surface area contributed by atoms with Gasteiger partial charge in [-0.15, -0.1) is 0 Å². The van der Waals surface area contributed by atoms with E-state index >= 15 is 0 Å². The molecule has 27 heavy (non-hydrogen) atoms. The van der Waals surface area contributed by atoms with E-state index in [1.165, 1.54) is 0 Å². The lowest BCUT2D eigenvalue weighted by molar-refractivity contribution is -0.125. The van der Waals surface area contributed by atoms with Crippen molar-refractivity contribution in [1.29, 1.82) is 0 Å². The number of rotatable bonds is 6. The molecule has 2 fully saturated rings. The van der Waals surface area contributed by atoms with Crippen molar-refractivity contribution < 1.29 is 14.3 Å². The topological polar surface area (TPSA) is 61.9 Å². The van der Waals surface area contributed by atoms with E-state index in [0.717, 1.165) is 39.1 Å². The summed E-state index contributed by atoms with van der Waals surface area (Å²) in [4.78, 5) is 29.8. The van der Waals surface area contributed by atoms with Crippen LogP contribution in [0.4, 0.5) is 0 Å². The van der Waals surface area contributed by atoms with Crippen LogP contribution in [0.1, 0.15) is 37.0 Å². The number of hydrogen-bond donors (Lipinski definition) is 1. The molecule has 1 aromatic carbocycles. The molecule has 6 heteroatoms. The van der Waals surface area contributed by atoms with Crippen molar-refractivity contribution in [2.45, 2.75) is 38.8 Å². The Hall–Kier alpha value is -1.92. The van der Waals surface area contributed by atoms with E-state index in [9.17, 15) is 9.59 Å². The van der Waals surface area contributed by atoms with Crippen LogP contribution in [0.2, 0.25) is 0 Å². The highest BCUT2D eigenvalue weighted by Crippen LogP contribution is 2.21. The standard InChI is InChI=1S/C21H31N3O3/c1-16(2)19(23-11-13-27-14-12-23)15-22-20(25)18-9-6-10-24(18)21(26)17-7-4-3-5-8-17/h3-5,7-8,16,18-19H,6,9-15H2,1-2H3,(H,22,25). The summed E-state index contributed by atoms with van der Waals surface area (Å²) in [5.41, 5.74) is 0.644. The van der Waals surface area contributed by atoms with Crippen LogP contribution in [-0.4, -0.2) is 73.1 Å². The molecule has 2 unspecified atom stereocenters. The Morgan fingerprint density at radius 1 is 1.15 bits per heavy atom. The number of benzene rings is 1. The van der Waals surface area contributed by atoms with Crippen molar-refractivity contribution in [3.63, 3.8) is 0 Å². The third-order valence-electron chi connectivity index (χ3n) is 5.61. The normalized spacial score (nSPS) is 22.0. The van der Waals surface area contributed by atoms with Crippen LogP contribution in [0.25, 0.3) is 0 Å². The van der Waals surface area contributed by atoms with Gasteiger partial charge in [0.05, 0.1) is 13.2 Å². The van der Waals surface area contributed by atoms with Crippen LogP contribution < -0.4 is 5.32 Å². The maximum atomic E-state index is 12.9. The van der Waals surface area contributed by atoms with Crippen molar-refractivity contribution in [3.05, 3.63) is 35.9 Å². The van der Waals surface area contributed by atoms with Crippen molar-refractivity contribution in [3.8, 4) is 0 Å². The molecule has 2 atom stereocenters. The molecule has 2 heterocycles. The zero-order valence-electron chi connectivity index (χ0n) is 16.4. The molecular weight excluding hydrogens is 342 g/mol. The van der Waals surface area contributed by atoms with Crippen molar-refractivity contribution in [2.75, 3.05) is 39.4 Å². The Morgan fingerprint density at radius 2 is 1.85 bits per heavy atom. The van der Waals surface area contributed by atoms with E-state index in [0.29, 0.717) is 24.6 Å². The number of ether oxygens (including phenoxy) is 1. The summed E-state index contributed by atoms with van der Waals surface area (Å²) in [5.74, 6) is 0.353. The molecule has 1 N–H and O–H groups in total. The highest BCUT2D eigenvalue weighted by molar-refractivity contribution is 5.97. The summed E-state index contributed by atoms with van der Waals surface area (Å²) < 4.78 is 5.45. The zero-order chi connectivity index (χ0) is 19.2. The largest absolute Gasteiger partial charge is 0.379 e. The van der Waals surface area contributed by atoms with Gasteiger partial charge in [0.2, 0.25) is 5.91 Å². The molecule has 2 aliphatic rings. The number of carbonyl (C=O) groups excluding carboxylic acids is 2. The van der Waals surface area contributed by atoms with Crippen LogP contribution in [0.5, 0.6) is 0 Å². The monoisotopic (exact) mass is 373 g/mol. The van der Waals surface area contributed by atoms with Gasteiger partial charge in [0.25, 0.3) is 5.91 Å². The fourth-order valence-corrected chi connectivity index (χ4v) is 4.05. The van der Waals surface area contributed by atoms with Gasteiger partial charge in [-0.1, -0.05) is 32.0 Å². The van der Waals surface area contributed by atoms with Crippen molar-refractivity contribution >= 4 is 11.8 Å². The molecule has 2 aliphatic heterocycles. The van der Waals surface area contributed by atoms with Gasteiger partial charge < -0.3 is 15.0 Å². The molecule has 1 aromatic rings. The second kappa shape index (κ2) is 9.33. The van der Waals surface area contributed by atoms with Gasteiger partial charge in [-0.3, -0.25) is 14.5 Å². The summed E-state index contributed by atoms with van der Waals surface area (Å²) in [6.45, 7) is 8.93. The third-order valence-corrected chi connectivity index (χ3v) is 5.61. The van der Waals surface area contributed by atoms with Gasteiger partial charge >= 0.3 is 0 Å². The summed E-state index contributed by atoms with van der Waals surface area (Å²) >= 11 is 0. The number of hydrogen-bond acceptors (Lipinski definition) is 4. The molecule has 148 valence electrons. The number of nitrogens with one attached hydrogen (secondary N) is 1. The Kier molecular flexibility index (Phi) is 6.85. The smallest absolute Gasteiger partial charge is 0.254 e. The number of carbonyl (C=O) groups is 2. The molecule has 6 nitrogen and oxygen atoms in total. The summed E-state index contributed by atoms with van der Waals surface area (Å²) in [6.07, 6.45) is 1.60. The van der Waals surface area contributed by atoms with Crippen LogP contribution in [0.15, 0.2) is 30.3 Å². The number of likely N-dealkylation sites (tertiary alicyclic amines) is 1. The maximum Gasteiger partial charge on any atom is 0.254 e. The minimum Gasteiger partial charge on any atom is -0.379 e. The van der Waals surface area contributed by atoms with Crippen LogP contribution in [0.3, 0.4) is 0 Å². The molecule has 0 radical (unpaired) electrons. The van der Waals surface area contributed by atoms with E-state index in [2.05, 4.69) is 24.1 Å². The van der Waals surface area contributed by atoms with E-state index in [-0.39, 0.29) is 23.9 Å². The third kappa shape index (κ3) is 4.87. The molecular formula is C21H31N3O3. The van der Waals surface area contributed by atoms with Gasteiger partial charge in [0.15, 0.2) is 0 Å². The molecule has 0 saturated carbocycles. The summed E-state index contributed by atoms with van der Waals surface area (Å²) in [7, 11) is 0. The van der Waals surface area contributed by atoms with Gasteiger partial charge in [-0.05, 0) is 30.9 Å². The molecule has 3 rings (SSSR count). The van der Waals surface area contributed by atoms with Crippen LogP contribution in [0, 0.1) is 5.92 Å². The predicted octanol–water partition coefficient (Wildman–Crippen LogP) is 1.76.